The van der Waals surface area contributed by atoms with Crippen molar-refractivity contribution in [3.63, 3.8) is 0 Å². The molecule has 0 N–H and O–H groups in total. The molecule has 226 valence electrons. The monoisotopic (exact) mass is 578 g/mol. The van der Waals surface area contributed by atoms with Crippen LogP contribution in [0.3, 0.4) is 0 Å². The predicted molar refractivity (Wildman–Crippen MR) is 167 cm³/mol. The number of hydrogen-bond acceptors (Lipinski definition) is 4. The van der Waals surface area contributed by atoms with Crippen LogP contribution >= 0.6 is 0 Å². The van der Waals surface area contributed by atoms with Crippen LogP contribution in [0.2, 0.25) is 38.3 Å². The Labute approximate surface area is 243 Å². The Kier molecular flexibility index (Phi) is 9.64. The Hall–Kier alpha value is -0.176. The first-order valence-corrected chi connectivity index (χ1v) is 22.8. The number of esters is 1. The van der Waals surface area contributed by atoms with E-state index < -0.39 is 16.6 Å². The van der Waals surface area contributed by atoms with Gasteiger partial charge in [-0.2, -0.15) is 0 Å². The number of fused-ring (bicyclic) bond motifs is 5. The van der Waals surface area contributed by atoms with Gasteiger partial charge in [0, 0.05) is 18.6 Å². The van der Waals surface area contributed by atoms with Gasteiger partial charge in [0.2, 0.25) is 0 Å². The lowest BCUT2D eigenvalue weighted by atomic mass is 9.43. The minimum Gasteiger partial charge on any atom is -0.469 e. The molecule has 0 aromatic carbocycles. The Bertz CT molecular complexity index is 861. The molecular formula is C33H62O4Si2. The van der Waals surface area contributed by atoms with Crippen molar-refractivity contribution in [2.45, 2.75) is 149 Å². The second-order valence-corrected chi connectivity index (χ2v) is 24.9. The number of rotatable bonds is 10. The fourth-order valence-corrected chi connectivity index (χ4v) is 12.6. The zero-order chi connectivity index (χ0) is 28.8. The second-order valence-electron chi connectivity index (χ2n) is 15.9. The first-order valence-electron chi connectivity index (χ1n) is 16.6. The van der Waals surface area contributed by atoms with Gasteiger partial charge >= 0.3 is 5.97 Å². The maximum Gasteiger partial charge on any atom is 0.305 e. The summed E-state index contributed by atoms with van der Waals surface area (Å²) in [7, 11) is -1.73. The van der Waals surface area contributed by atoms with Gasteiger partial charge < -0.3 is 13.6 Å². The first kappa shape index (κ1) is 31.8. The van der Waals surface area contributed by atoms with Crippen LogP contribution in [-0.2, 0) is 18.4 Å². The highest BCUT2D eigenvalue weighted by molar-refractivity contribution is 6.71. The molecule has 0 saturated heterocycles. The molecule has 0 radical (unpaired) electrons. The van der Waals surface area contributed by atoms with E-state index in [0.717, 1.165) is 24.2 Å². The van der Waals surface area contributed by atoms with Crippen molar-refractivity contribution in [3.05, 3.63) is 0 Å². The van der Waals surface area contributed by atoms with E-state index in [1.807, 2.05) is 0 Å². The summed E-state index contributed by atoms with van der Waals surface area (Å²) >= 11 is 0. The standard InChI is InChI=1S/C33H62O4Si2/c1-11-38(7,8)36-25-17-19-32(4)24(21-25)22-29(37-39(9,10)12-2)31-27-15-14-26(23(3)13-16-30(34)35-6)33(27,5)20-18-28(31)32/h23-29,31H,11-22H2,1-10H3/t23-,24-,25-,26-,27+,28+,29-,31+,32+,33-/m1/s1. The summed E-state index contributed by atoms with van der Waals surface area (Å²) in [5.41, 5.74) is 0.798. The fourth-order valence-electron chi connectivity index (χ4n) is 10.0. The molecule has 4 saturated carbocycles. The van der Waals surface area contributed by atoms with Gasteiger partial charge in [0.25, 0.3) is 0 Å². The van der Waals surface area contributed by atoms with Crippen molar-refractivity contribution in [2.75, 3.05) is 7.11 Å². The zero-order valence-electron chi connectivity index (χ0n) is 27.2. The van der Waals surface area contributed by atoms with Crippen LogP contribution in [0, 0.1) is 46.3 Å². The average molecular weight is 579 g/mol. The molecule has 39 heavy (non-hydrogen) atoms. The van der Waals surface area contributed by atoms with Gasteiger partial charge in [-0.25, -0.2) is 0 Å². The summed E-state index contributed by atoms with van der Waals surface area (Å²) in [5.74, 6) is 4.19. The maximum absolute atomic E-state index is 11.9. The third-order valence-electron chi connectivity index (χ3n) is 13.1. The van der Waals surface area contributed by atoms with Crippen LogP contribution in [0.1, 0.15) is 98.8 Å². The molecule has 10 atom stereocenters. The molecule has 0 aliphatic heterocycles. The van der Waals surface area contributed by atoms with Gasteiger partial charge in [-0.05, 0) is 142 Å². The van der Waals surface area contributed by atoms with E-state index in [-0.39, 0.29) is 5.97 Å². The lowest BCUT2D eigenvalue weighted by molar-refractivity contribution is -0.169. The summed E-state index contributed by atoms with van der Waals surface area (Å²) in [4.78, 5) is 11.9. The van der Waals surface area contributed by atoms with Crippen LogP contribution in [0.25, 0.3) is 0 Å². The Balaban J connectivity index is 1.59. The minimum absolute atomic E-state index is 0.0544. The topological polar surface area (TPSA) is 44.8 Å². The van der Waals surface area contributed by atoms with E-state index in [4.69, 9.17) is 13.6 Å². The molecule has 0 unspecified atom stereocenters. The highest BCUT2D eigenvalue weighted by Gasteiger charge is 2.63. The molecule has 0 heterocycles. The molecule has 0 bridgehead atoms. The van der Waals surface area contributed by atoms with Crippen molar-refractivity contribution in [1.82, 2.24) is 0 Å². The predicted octanol–water partition coefficient (Wildman–Crippen LogP) is 9.06. The van der Waals surface area contributed by atoms with Crippen molar-refractivity contribution in [3.8, 4) is 0 Å². The van der Waals surface area contributed by atoms with E-state index in [1.165, 1.54) is 70.6 Å². The summed E-state index contributed by atoms with van der Waals surface area (Å²) < 4.78 is 19.2. The maximum atomic E-state index is 11.9. The fraction of sp³-hybridized carbons (Fsp3) is 0.970. The lowest BCUT2D eigenvalue weighted by Gasteiger charge is -2.64. The van der Waals surface area contributed by atoms with Crippen molar-refractivity contribution in [1.29, 1.82) is 0 Å². The molecule has 4 fully saturated rings. The van der Waals surface area contributed by atoms with Crippen molar-refractivity contribution >= 4 is 22.6 Å². The Morgan fingerprint density at radius 1 is 0.872 bits per heavy atom. The van der Waals surface area contributed by atoms with Crippen LogP contribution < -0.4 is 0 Å². The molecule has 4 nitrogen and oxygen atoms in total. The number of hydrogen-bond donors (Lipinski definition) is 0. The molecular weight excluding hydrogens is 517 g/mol. The third kappa shape index (κ3) is 6.29. The summed E-state index contributed by atoms with van der Waals surface area (Å²) in [6.45, 7) is 22.1. The van der Waals surface area contributed by atoms with E-state index >= 15 is 0 Å². The number of methoxy groups -OCH3 is 1. The summed E-state index contributed by atoms with van der Waals surface area (Å²) in [5, 5.41) is 0. The quantitative estimate of drug-likeness (QED) is 0.192. The van der Waals surface area contributed by atoms with E-state index in [2.05, 4.69) is 60.8 Å². The van der Waals surface area contributed by atoms with E-state index in [1.54, 1.807) is 0 Å². The smallest absolute Gasteiger partial charge is 0.305 e. The van der Waals surface area contributed by atoms with E-state index in [9.17, 15) is 4.79 Å². The summed E-state index contributed by atoms with van der Waals surface area (Å²) in [6, 6.07) is 2.40. The Morgan fingerprint density at radius 3 is 2.13 bits per heavy atom. The van der Waals surface area contributed by atoms with Gasteiger partial charge in [0.15, 0.2) is 16.6 Å². The molecule has 4 aliphatic carbocycles. The summed E-state index contributed by atoms with van der Waals surface area (Å²) in [6.07, 6.45) is 12.9. The molecule has 4 rings (SSSR count). The van der Waals surface area contributed by atoms with Gasteiger partial charge in [-0.15, -0.1) is 0 Å². The van der Waals surface area contributed by atoms with Gasteiger partial charge in [-0.3, -0.25) is 4.79 Å². The van der Waals surface area contributed by atoms with Crippen molar-refractivity contribution < 1.29 is 18.4 Å². The molecule has 0 spiro atoms. The van der Waals surface area contributed by atoms with Crippen LogP contribution in [-0.4, -0.2) is 41.9 Å². The van der Waals surface area contributed by atoms with Gasteiger partial charge in [-0.1, -0.05) is 34.6 Å². The van der Waals surface area contributed by atoms with Crippen LogP contribution in [0.5, 0.6) is 0 Å². The molecule has 6 heteroatoms. The number of carbonyl (C=O) groups excluding carboxylic acids is 1. The van der Waals surface area contributed by atoms with Gasteiger partial charge in [0.1, 0.15) is 0 Å². The van der Waals surface area contributed by atoms with Gasteiger partial charge in [0.05, 0.1) is 7.11 Å². The molecule has 0 aromatic heterocycles. The SMILES string of the molecule is CC[Si](C)(C)O[C@@H]1CC[C@@]2(C)[C@H](C1)C[C@@H](O[Si](C)(C)CC)[C@@H]1[C@@H]2CC[C@]2(C)[C@@H]([C@H](C)CCC(=O)OC)CC[C@@H]12. The average Bonchev–Trinajstić information content (AvgIpc) is 3.24. The first-order chi connectivity index (χ1) is 18.2. The molecule has 4 aliphatic rings. The zero-order valence-corrected chi connectivity index (χ0v) is 29.2. The van der Waals surface area contributed by atoms with Crippen LogP contribution in [0.4, 0.5) is 0 Å². The Morgan fingerprint density at radius 2 is 1.49 bits per heavy atom. The van der Waals surface area contributed by atoms with Crippen molar-refractivity contribution in [2.24, 2.45) is 46.3 Å². The van der Waals surface area contributed by atoms with E-state index in [0.29, 0.717) is 47.2 Å². The normalized spacial score (nSPS) is 41.3. The number of ether oxygens (including phenoxy) is 1. The van der Waals surface area contributed by atoms with Crippen LogP contribution in [0.15, 0.2) is 0 Å². The highest BCUT2D eigenvalue weighted by atomic mass is 28.4. The molecule has 0 amide bonds. The highest BCUT2D eigenvalue weighted by Crippen LogP contribution is 2.69. The second kappa shape index (κ2) is 11.8. The lowest BCUT2D eigenvalue weighted by Crippen LogP contribution is -2.60. The minimum atomic E-state index is -1.70. The number of carbonyl (C=O) groups is 1. The molecule has 0 aromatic rings. The largest absolute Gasteiger partial charge is 0.469 e. The third-order valence-corrected chi connectivity index (χ3v) is 18.4.